The lowest BCUT2D eigenvalue weighted by molar-refractivity contribution is 0.208. The second-order valence-corrected chi connectivity index (χ2v) is 11.0. The predicted molar refractivity (Wildman–Crippen MR) is 123 cm³/mol. The topological polar surface area (TPSA) is 87.5 Å². The van der Waals surface area contributed by atoms with Gasteiger partial charge in [0, 0.05) is 31.9 Å². The number of hydrogen-bond donors (Lipinski definition) is 1. The molecule has 1 atom stereocenters. The van der Waals surface area contributed by atoms with Gasteiger partial charge < -0.3 is 15.1 Å². The molecule has 8 nitrogen and oxygen atoms in total. The zero-order chi connectivity index (χ0) is 22.3. The van der Waals surface area contributed by atoms with Crippen LogP contribution in [-0.2, 0) is 9.84 Å². The molecule has 2 aliphatic rings. The van der Waals surface area contributed by atoms with Gasteiger partial charge in [-0.3, -0.25) is 4.68 Å². The van der Waals surface area contributed by atoms with Crippen LogP contribution in [0.25, 0.3) is 0 Å². The summed E-state index contributed by atoms with van der Waals surface area (Å²) in [6, 6.07) is 5.78. The van der Waals surface area contributed by atoms with Crippen LogP contribution in [0.3, 0.4) is 0 Å². The highest BCUT2D eigenvalue weighted by Gasteiger charge is 2.33. The van der Waals surface area contributed by atoms with Crippen LogP contribution in [-0.4, -0.2) is 66.8 Å². The maximum absolute atomic E-state index is 12.7. The van der Waals surface area contributed by atoms with Crippen molar-refractivity contribution in [1.82, 2.24) is 14.7 Å². The summed E-state index contributed by atoms with van der Waals surface area (Å²) in [6.45, 7) is 10.8. The summed E-state index contributed by atoms with van der Waals surface area (Å²) in [5.74, 6) is 0.403. The standard InChI is InChI=1S/C22H31N5O3S/c1-15-5-6-19(13-16(15)2)23-22(28)26-10-8-25(9-11-26)21-17(3)24-27(18(21)4)20-7-12-31(29,30)14-20/h5-6,13,20H,7-12,14H2,1-4H3,(H,23,28). The Morgan fingerprint density at radius 2 is 1.77 bits per heavy atom. The zero-order valence-electron chi connectivity index (χ0n) is 18.7. The van der Waals surface area contributed by atoms with Gasteiger partial charge in [-0.05, 0) is 57.4 Å². The van der Waals surface area contributed by atoms with Crippen molar-refractivity contribution in [2.75, 3.05) is 47.9 Å². The van der Waals surface area contributed by atoms with E-state index in [2.05, 4.69) is 22.2 Å². The lowest BCUT2D eigenvalue weighted by Gasteiger charge is -2.36. The van der Waals surface area contributed by atoms with Crippen molar-refractivity contribution in [1.29, 1.82) is 0 Å². The van der Waals surface area contributed by atoms with E-state index >= 15 is 0 Å². The molecule has 1 aromatic carbocycles. The van der Waals surface area contributed by atoms with Gasteiger partial charge in [0.1, 0.15) is 0 Å². The summed E-state index contributed by atoms with van der Waals surface area (Å²) in [4.78, 5) is 16.8. The molecule has 2 amide bonds. The summed E-state index contributed by atoms with van der Waals surface area (Å²) >= 11 is 0. The van der Waals surface area contributed by atoms with Gasteiger partial charge in [0.2, 0.25) is 0 Å². The largest absolute Gasteiger partial charge is 0.365 e. The first-order chi connectivity index (χ1) is 14.6. The fourth-order valence-electron chi connectivity index (χ4n) is 4.59. The van der Waals surface area contributed by atoms with Crippen LogP contribution >= 0.6 is 0 Å². The Hall–Kier alpha value is -2.55. The molecule has 3 heterocycles. The Balaban J connectivity index is 1.41. The van der Waals surface area contributed by atoms with Gasteiger partial charge in [0.15, 0.2) is 9.84 Å². The number of sulfone groups is 1. The Morgan fingerprint density at radius 3 is 2.39 bits per heavy atom. The Kier molecular flexibility index (Phi) is 5.72. The molecule has 0 aliphatic carbocycles. The van der Waals surface area contributed by atoms with Crippen LogP contribution in [0.5, 0.6) is 0 Å². The van der Waals surface area contributed by atoms with Crippen LogP contribution < -0.4 is 10.2 Å². The van der Waals surface area contributed by atoms with E-state index in [0.717, 1.165) is 41.4 Å². The average molecular weight is 446 g/mol. The lowest BCUT2D eigenvalue weighted by Crippen LogP contribution is -2.50. The average Bonchev–Trinajstić information content (AvgIpc) is 3.23. The molecular weight excluding hydrogens is 414 g/mol. The molecular formula is C22H31N5O3S. The zero-order valence-corrected chi connectivity index (χ0v) is 19.5. The number of amides is 2. The van der Waals surface area contributed by atoms with Crippen molar-refractivity contribution in [3.63, 3.8) is 0 Å². The van der Waals surface area contributed by atoms with E-state index in [9.17, 15) is 13.2 Å². The first-order valence-corrected chi connectivity index (χ1v) is 12.6. The van der Waals surface area contributed by atoms with E-state index in [1.54, 1.807) is 0 Å². The van der Waals surface area contributed by atoms with E-state index in [1.807, 2.05) is 48.6 Å². The molecule has 4 rings (SSSR count). The van der Waals surface area contributed by atoms with E-state index in [0.29, 0.717) is 19.5 Å². The van der Waals surface area contributed by atoms with Crippen molar-refractivity contribution in [3.8, 4) is 0 Å². The first-order valence-electron chi connectivity index (χ1n) is 10.8. The number of nitrogens with one attached hydrogen (secondary N) is 1. The lowest BCUT2D eigenvalue weighted by atomic mass is 10.1. The Bertz CT molecular complexity index is 1100. The smallest absolute Gasteiger partial charge is 0.321 e. The molecule has 0 radical (unpaired) electrons. The second-order valence-electron chi connectivity index (χ2n) is 8.72. The number of urea groups is 1. The molecule has 2 saturated heterocycles. The van der Waals surface area contributed by atoms with Crippen LogP contribution in [0.2, 0.25) is 0 Å². The highest BCUT2D eigenvalue weighted by Crippen LogP contribution is 2.31. The minimum Gasteiger partial charge on any atom is -0.365 e. The van der Waals surface area contributed by atoms with Crippen LogP contribution in [0.1, 0.15) is 35.0 Å². The molecule has 1 unspecified atom stereocenters. The summed E-state index contributed by atoms with van der Waals surface area (Å²) in [5.41, 5.74) is 6.16. The summed E-state index contributed by atoms with van der Waals surface area (Å²) in [6.07, 6.45) is 0.621. The van der Waals surface area contributed by atoms with Crippen molar-refractivity contribution >= 4 is 27.2 Å². The maximum atomic E-state index is 12.7. The molecule has 2 aromatic rings. The van der Waals surface area contributed by atoms with Gasteiger partial charge >= 0.3 is 6.03 Å². The number of anilines is 2. The number of carbonyl (C=O) groups is 1. The van der Waals surface area contributed by atoms with Gasteiger partial charge in [-0.15, -0.1) is 0 Å². The van der Waals surface area contributed by atoms with Gasteiger partial charge in [-0.1, -0.05) is 6.07 Å². The molecule has 0 spiro atoms. The van der Waals surface area contributed by atoms with Crippen molar-refractivity contribution in [2.45, 2.75) is 40.2 Å². The van der Waals surface area contributed by atoms with E-state index in [4.69, 9.17) is 0 Å². The van der Waals surface area contributed by atoms with Gasteiger partial charge in [-0.25, -0.2) is 13.2 Å². The number of aromatic nitrogens is 2. The Labute approximate surface area is 184 Å². The third kappa shape index (κ3) is 4.42. The molecule has 2 aliphatic heterocycles. The van der Waals surface area contributed by atoms with E-state index < -0.39 is 9.84 Å². The number of rotatable bonds is 3. The maximum Gasteiger partial charge on any atom is 0.321 e. The molecule has 0 saturated carbocycles. The van der Waals surface area contributed by atoms with Crippen molar-refractivity contribution in [2.24, 2.45) is 0 Å². The van der Waals surface area contributed by atoms with Gasteiger partial charge in [0.25, 0.3) is 0 Å². The number of carbonyl (C=O) groups excluding carboxylic acids is 1. The SMILES string of the molecule is Cc1ccc(NC(=O)N2CCN(c3c(C)nn(C4CCS(=O)(=O)C4)c3C)CC2)cc1C. The molecule has 1 N–H and O–H groups in total. The molecule has 1 aromatic heterocycles. The van der Waals surface area contributed by atoms with Crippen molar-refractivity contribution in [3.05, 3.63) is 40.7 Å². The summed E-state index contributed by atoms with van der Waals surface area (Å²) < 4.78 is 25.7. The highest BCUT2D eigenvalue weighted by molar-refractivity contribution is 7.91. The monoisotopic (exact) mass is 445 g/mol. The number of hydrogen-bond acceptors (Lipinski definition) is 5. The van der Waals surface area contributed by atoms with E-state index in [1.165, 1.54) is 5.56 Å². The third-order valence-corrected chi connectivity index (χ3v) is 8.23. The van der Waals surface area contributed by atoms with Gasteiger partial charge in [-0.2, -0.15) is 5.10 Å². The van der Waals surface area contributed by atoms with Gasteiger partial charge in [0.05, 0.1) is 34.6 Å². The third-order valence-electron chi connectivity index (χ3n) is 6.48. The molecule has 168 valence electrons. The number of nitrogens with zero attached hydrogens (tertiary/aromatic N) is 4. The highest BCUT2D eigenvalue weighted by atomic mass is 32.2. The van der Waals surface area contributed by atoms with Crippen LogP contribution in [0, 0.1) is 27.7 Å². The number of piperazine rings is 1. The quantitative estimate of drug-likeness (QED) is 0.785. The molecule has 9 heteroatoms. The molecule has 31 heavy (non-hydrogen) atoms. The minimum atomic E-state index is -2.96. The number of benzene rings is 1. The van der Waals surface area contributed by atoms with Crippen LogP contribution in [0.4, 0.5) is 16.2 Å². The predicted octanol–water partition coefficient (Wildman–Crippen LogP) is 2.83. The molecule has 2 fully saturated rings. The fourth-order valence-corrected chi connectivity index (χ4v) is 6.28. The molecule has 0 bridgehead atoms. The Morgan fingerprint density at radius 1 is 1.06 bits per heavy atom. The normalized spacial score (nSPS) is 20.8. The summed E-state index contributed by atoms with van der Waals surface area (Å²) in [7, 11) is -2.96. The van der Waals surface area contributed by atoms with Crippen molar-refractivity contribution < 1.29 is 13.2 Å². The number of aryl methyl sites for hydroxylation is 3. The second kappa shape index (κ2) is 8.18. The van der Waals surface area contributed by atoms with E-state index in [-0.39, 0.29) is 23.6 Å². The fraction of sp³-hybridized carbons (Fsp3) is 0.545. The van der Waals surface area contributed by atoms with Crippen LogP contribution in [0.15, 0.2) is 18.2 Å². The first kappa shape index (κ1) is 21.7. The minimum absolute atomic E-state index is 0.0804. The summed E-state index contributed by atoms with van der Waals surface area (Å²) in [5, 5.41) is 7.68.